The fourth-order valence-electron chi connectivity index (χ4n) is 5.05. The van der Waals surface area contributed by atoms with Crippen LogP contribution in [0.3, 0.4) is 0 Å². The number of carboxylic acid groups (broad SMARTS) is 1. The zero-order chi connectivity index (χ0) is 24.8. The Hall–Kier alpha value is -2.87. The van der Waals surface area contributed by atoms with Crippen molar-refractivity contribution in [2.75, 3.05) is 6.54 Å². The summed E-state index contributed by atoms with van der Waals surface area (Å²) in [5, 5.41) is 16.1. The molecule has 0 heterocycles. The van der Waals surface area contributed by atoms with E-state index in [1.54, 1.807) is 12.1 Å². The quantitative estimate of drug-likeness (QED) is 0.326. The van der Waals surface area contributed by atoms with Gasteiger partial charge in [-0.25, -0.2) is 0 Å². The van der Waals surface area contributed by atoms with Crippen molar-refractivity contribution in [3.63, 3.8) is 0 Å². The van der Waals surface area contributed by atoms with Gasteiger partial charge in [0.05, 0.1) is 17.7 Å². The number of rotatable bonds is 9. The summed E-state index contributed by atoms with van der Waals surface area (Å²) in [6.45, 7) is 0.977. The van der Waals surface area contributed by atoms with Crippen LogP contribution in [0.15, 0.2) is 41.6 Å². The lowest BCUT2D eigenvalue weighted by Crippen LogP contribution is -2.17. The summed E-state index contributed by atoms with van der Waals surface area (Å²) in [6, 6.07) is 10.6. The average Bonchev–Trinajstić information content (AvgIpc) is 3.24. The second-order valence-corrected chi connectivity index (χ2v) is 9.38. The molecular weight excluding hydrogens is 457 g/mol. The summed E-state index contributed by atoms with van der Waals surface area (Å²) in [6.07, 6.45) is 1.89. The number of hydrogen-bond acceptors (Lipinski definition) is 4. The molecule has 8 heteroatoms. The highest BCUT2D eigenvalue weighted by Crippen LogP contribution is 2.41. The molecule has 35 heavy (non-hydrogen) atoms. The Bertz CT molecular complexity index is 1080. The Morgan fingerprint density at radius 1 is 1.06 bits per heavy atom. The molecule has 2 aliphatic rings. The number of nitrogens with zero attached hydrogens (tertiary/aromatic N) is 1. The van der Waals surface area contributed by atoms with Gasteiger partial charge in [0.25, 0.3) is 0 Å². The third-order valence-electron chi connectivity index (χ3n) is 6.83. The van der Waals surface area contributed by atoms with Crippen LogP contribution in [-0.2, 0) is 35.4 Å². The molecule has 5 nitrogen and oxygen atoms in total. The van der Waals surface area contributed by atoms with Crippen molar-refractivity contribution in [1.82, 2.24) is 5.32 Å². The smallest absolute Gasteiger partial charge is 0.416 e. The number of aliphatic carboxylic acids is 1. The lowest BCUT2D eigenvalue weighted by molar-refractivity contribution is -0.139. The summed E-state index contributed by atoms with van der Waals surface area (Å²) >= 11 is 0. The first kappa shape index (κ1) is 25.2. The fourth-order valence-corrected chi connectivity index (χ4v) is 5.05. The predicted octanol–water partition coefficient (Wildman–Crippen LogP) is 6.18. The molecule has 1 fully saturated rings. The van der Waals surface area contributed by atoms with Gasteiger partial charge in [-0.1, -0.05) is 54.8 Å². The van der Waals surface area contributed by atoms with Gasteiger partial charge in [0.2, 0.25) is 0 Å². The third-order valence-corrected chi connectivity index (χ3v) is 6.83. The molecule has 188 valence electrons. The van der Waals surface area contributed by atoms with Crippen LogP contribution in [-0.4, -0.2) is 23.3 Å². The van der Waals surface area contributed by atoms with Gasteiger partial charge in [-0.3, -0.25) is 4.79 Å². The van der Waals surface area contributed by atoms with E-state index in [1.165, 1.54) is 6.07 Å². The van der Waals surface area contributed by atoms with Gasteiger partial charge < -0.3 is 15.3 Å². The number of halogens is 3. The number of alkyl halides is 3. The average molecular weight is 489 g/mol. The summed E-state index contributed by atoms with van der Waals surface area (Å²) in [4.78, 5) is 16.1. The van der Waals surface area contributed by atoms with Crippen molar-refractivity contribution in [3.05, 3.63) is 69.8 Å². The van der Waals surface area contributed by atoms with Crippen LogP contribution < -0.4 is 5.32 Å². The molecule has 0 atom stereocenters. The van der Waals surface area contributed by atoms with Crippen LogP contribution in [0, 0.1) is 0 Å². The van der Waals surface area contributed by atoms with Gasteiger partial charge in [-0.2, -0.15) is 13.2 Å². The zero-order valence-corrected chi connectivity index (χ0v) is 19.7. The lowest BCUT2D eigenvalue weighted by Gasteiger charge is -2.25. The molecule has 0 saturated heterocycles. The second kappa shape index (κ2) is 11.2. The fraction of sp³-hybridized carbons (Fsp3) is 0.481. The number of carboxylic acids is 1. The zero-order valence-electron chi connectivity index (χ0n) is 19.7. The van der Waals surface area contributed by atoms with Crippen LogP contribution in [0.5, 0.6) is 0 Å². The number of carbonyl (C=O) groups is 1. The molecule has 2 aliphatic carbocycles. The lowest BCUT2D eigenvalue weighted by atomic mass is 9.81. The van der Waals surface area contributed by atoms with E-state index < -0.39 is 17.7 Å². The van der Waals surface area contributed by atoms with E-state index in [9.17, 15) is 18.0 Å². The van der Waals surface area contributed by atoms with Gasteiger partial charge in [0.1, 0.15) is 6.61 Å². The Morgan fingerprint density at radius 2 is 1.83 bits per heavy atom. The van der Waals surface area contributed by atoms with Crippen LogP contribution in [0.2, 0.25) is 0 Å². The number of hydrogen-bond donors (Lipinski definition) is 2. The van der Waals surface area contributed by atoms with E-state index in [0.29, 0.717) is 30.6 Å². The van der Waals surface area contributed by atoms with Crippen molar-refractivity contribution in [2.45, 2.75) is 76.6 Å². The molecule has 0 unspecified atom stereocenters. The van der Waals surface area contributed by atoms with Crippen molar-refractivity contribution >= 4 is 11.7 Å². The largest absolute Gasteiger partial charge is 0.481 e. The van der Waals surface area contributed by atoms with Crippen molar-refractivity contribution in [2.24, 2.45) is 5.16 Å². The molecule has 1 saturated carbocycles. The summed E-state index contributed by atoms with van der Waals surface area (Å²) in [7, 11) is 0. The molecule has 4 rings (SSSR count). The number of aryl methyl sites for hydroxylation is 1. The molecule has 0 aromatic heterocycles. The molecule has 0 spiro atoms. The molecule has 0 amide bonds. The van der Waals surface area contributed by atoms with Gasteiger partial charge in [-0.05, 0) is 59.9 Å². The van der Waals surface area contributed by atoms with Crippen molar-refractivity contribution in [3.8, 4) is 0 Å². The monoisotopic (exact) mass is 488 g/mol. The van der Waals surface area contributed by atoms with E-state index in [1.807, 2.05) is 12.1 Å². The van der Waals surface area contributed by atoms with Crippen LogP contribution in [0.25, 0.3) is 0 Å². The molecule has 2 aromatic carbocycles. The molecule has 2 aromatic rings. The number of benzene rings is 2. The van der Waals surface area contributed by atoms with Crippen LogP contribution >= 0.6 is 0 Å². The van der Waals surface area contributed by atoms with Gasteiger partial charge in [0.15, 0.2) is 0 Å². The summed E-state index contributed by atoms with van der Waals surface area (Å²) in [5.74, 6) is -0.857. The van der Waals surface area contributed by atoms with E-state index in [0.717, 1.165) is 60.9 Å². The normalized spacial score (nSPS) is 17.5. The first-order valence-corrected chi connectivity index (χ1v) is 12.2. The van der Waals surface area contributed by atoms with E-state index >= 15 is 0 Å². The third kappa shape index (κ3) is 6.63. The second-order valence-electron chi connectivity index (χ2n) is 9.38. The van der Waals surface area contributed by atoms with Crippen molar-refractivity contribution < 1.29 is 27.9 Å². The Balaban J connectivity index is 1.39. The summed E-state index contributed by atoms with van der Waals surface area (Å²) in [5.41, 5.74) is 4.31. The highest BCUT2D eigenvalue weighted by atomic mass is 19.4. The number of oxime groups is 1. The maximum atomic E-state index is 13.8. The van der Waals surface area contributed by atoms with E-state index in [-0.39, 0.29) is 18.9 Å². The first-order chi connectivity index (χ1) is 16.8. The predicted molar refractivity (Wildman–Crippen MR) is 127 cm³/mol. The highest BCUT2D eigenvalue weighted by Gasteiger charge is 2.35. The maximum Gasteiger partial charge on any atom is 0.416 e. The number of nitrogens with one attached hydrogen (secondary N) is 1. The topological polar surface area (TPSA) is 70.9 Å². The van der Waals surface area contributed by atoms with Gasteiger partial charge >= 0.3 is 12.1 Å². The SMILES string of the molecule is O=C(O)CCNCc1ccc2c(c1)CC/C2=N/OCc1ccc(C2CCCCC2)c(C(F)(F)F)c1. The van der Waals surface area contributed by atoms with Crippen LogP contribution in [0.4, 0.5) is 13.2 Å². The Morgan fingerprint density at radius 3 is 2.57 bits per heavy atom. The minimum atomic E-state index is -4.39. The van der Waals surface area contributed by atoms with Gasteiger partial charge in [0, 0.05) is 18.7 Å². The van der Waals surface area contributed by atoms with Crippen molar-refractivity contribution in [1.29, 1.82) is 0 Å². The van der Waals surface area contributed by atoms with E-state index in [2.05, 4.69) is 16.5 Å². The van der Waals surface area contributed by atoms with Gasteiger partial charge in [-0.15, -0.1) is 0 Å². The molecule has 0 bridgehead atoms. The minimum absolute atomic E-state index is 0.0154. The summed E-state index contributed by atoms with van der Waals surface area (Å²) < 4.78 is 41.4. The number of fused-ring (bicyclic) bond motifs is 1. The highest BCUT2D eigenvalue weighted by molar-refractivity contribution is 6.04. The molecule has 0 radical (unpaired) electrons. The van der Waals surface area contributed by atoms with Crippen LogP contribution in [0.1, 0.15) is 84.2 Å². The van der Waals surface area contributed by atoms with E-state index in [4.69, 9.17) is 9.94 Å². The maximum absolute atomic E-state index is 13.8. The first-order valence-electron chi connectivity index (χ1n) is 12.2. The standard InChI is InChI=1S/C27H31F3N2O3/c28-27(29,30)24-15-19(7-9-22(24)20-4-2-1-3-5-20)17-35-32-25-11-8-21-14-18(6-10-23(21)25)16-31-13-12-26(33)34/h6-7,9-10,14-15,20,31H,1-5,8,11-13,16-17H2,(H,33,34)/b32-25-. The Labute approximate surface area is 203 Å². The molecule has 0 aliphatic heterocycles. The molecular formula is C27H31F3N2O3. The Kier molecular flexibility index (Phi) is 8.11. The molecule has 2 N–H and O–H groups in total. The minimum Gasteiger partial charge on any atom is -0.481 e.